The minimum atomic E-state index is -1.69. The van der Waals surface area contributed by atoms with Gasteiger partial charge in [0.2, 0.25) is 12.1 Å². The molecule has 1 saturated heterocycles. The first kappa shape index (κ1) is 30.8. The van der Waals surface area contributed by atoms with E-state index in [9.17, 15) is 40.2 Å². The molecule has 2 heterocycles. The van der Waals surface area contributed by atoms with Gasteiger partial charge < -0.3 is 54.3 Å². The highest BCUT2D eigenvalue weighted by Gasteiger charge is 2.45. The number of hydrogen-bond acceptors (Lipinski definition) is 13. The van der Waals surface area contributed by atoms with Crippen molar-refractivity contribution in [2.24, 2.45) is 0 Å². The Hall–Kier alpha value is -4.66. The Morgan fingerprint density at radius 1 is 0.909 bits per heavy atom. The van der Waals surface area contributed by atoms with Gasteiger partial charge in [-0.2, -0.15) is 0 Å². The van der Waals surface area contributed by atoms with Gasteiger partial charge in [0.05, 0.1) is 7.11 Å². The highest BCUT2D eigenvalue weighted by atomic mass is 16.7. The van der Waals surface area contributed by atoms with Gasteiger partial charge in [-0.3, -0.25) is 4.79 Å². The molecule has 1 fully saturated rings. The highest BCUT2D eigenvalue weighted by molar-refractivity contribution is 6.05. The summed E-state index contributed by atoms with van der Waals surface area (Å²) in [6, 6.07) is 14.6. The summed E-state index contributed by atoms with van der Waals surface area (Å²) >= 11 is 0. The number of hydrogen-bond donors (Lipinski definition) is 6. The maximum Gasteiger partial charge on any atom is 0.330 e. The third-order valence-corrected chi connectivity index (χ3v) is 7.17. The highest BCUT2D eigenvalue weighted by Crippen LogP contribution is 2.42. The Balaban J connectivity index is 1.22. The molecule has 5 rings (SSSR count). The van der Waals surface area contributed by atoms with E-state index in [4.69, 9.17) is 23.7 Å². The number of methoxy groups -OCH3 is 1. The third kappa shape index (κ3) is 6.46. The average Bonchev–Trinajstić information content (AvgIpc) is 3.02. The van der Waals surface area contributed by atoms with Crippen LogP contribution < -0.4 is 14.2 Å². The van der Waals surface area contributed by atoms with Crippen LogP contribution in [0, 0.1) is 0 Å². The second kappa shape index (κ2) is 12.9. The molecule has 13 nitrogen and oxygen atoms in total. The van der Waals surface area contributed by atoms with Crippen molar-refractivity contribution in [3.63, 3.8) is 0 Å². The zero-order valence-corrected chi connectivity index (χ0v) is 23.2. The molecule has 0 bridgehead atoms. The lowest BCUT2D eigenvalue weighted by Gasteiger charge is -2.39. The first-order valence-corrected chi connectivity index (χ1v) is 13.5. The molecule has 2 aliphatic rings. The van der Waals surface area contributed by atoms with Gasteiger partial charge in [-0.1, -0.05) is 24.3 Å². The van der Waals surface area contributed by atoms with E-state index in [0.717, 1.165) is 6.08 Å². The standard InChI is InChI=1S/C31H30O13/c1-40-19-12-20(33)24-21(13-19)43-30(28(38)26(24)36)16-5-9-18(10-6-16)42-31-29(39)27(37)25(35)22(44-31)14-41-23(34)11-4-15-2-7-17(32)8-3-15/h2-13,22,25,27-33,35,37-39H,14H2,1H3/b11-4+/t22-,25-,27+,28-,29-,30+,31-/m1/s1. The Kier molecular flexibility index (Phi) is 9.04. The topological polar surface area (TPSA) is 202 Å². The summed E-state index contributed by atoms with van der Waals surface area (Å²) in [5.74, 6) is -1.35. The van der Waals surface area contributed by atoms with Crippen molar-refractivity contribution in [1.82, 2.24) is 0 Å². The van der Waals surface area contributed by atoms with Crippen LogP contribution in [0.3, 0.4) is 0 Å². The molecule has 0 amide bonds. The summed E-state index contributed by atoms with van der Waals surface area (Å²) < 4.78 is 27.4. The molecule has 0 saturated carbocycles. The minimum absolute atomic E-state index is 0.0383. The van der Waals surface area contributed by atoms with Gasteiger partial charge in [0.1, 0.15) is 65.3 Å². The fraction of sp³-hybridized carbons (Fsp3) is 0.290. The number of carbonyl (C=O) groups excluding carboxylic acids is 2. The molecule has 2 aliphatic heterocycles. The molecule has 6 N–H and O–H groups in total. The summed E-state index contributed by atoms with van der Waals surface area (Å²) in [5.41, 5.74) is 0.858. The van der Waals surface area contributed by atoms with E-state index in [-0.39, 0.29) is 34.3 Å². The van der Waals surface area contributed by atoms with Crippen molar-refractivity contribution in [1.29, 1.82) is 0 Å². The smallest absolute Gasteiger partial charge is 0.330 e. The number of phenolic OH excluding ortho intramolecular Hbond substituents is 2. The second-order valence-electron chi connectivity index (χ2n) is 10.1. The van der Waals surface area contributed by atoms with Crippen LogP contribution in [0.15, 0.2) is 66.7 Å². The number of ether oxygens (including phenoxy) is 5. The Morgan fingerprint density at radius 3 is 2.30 bits per heavy atom. The molecule has 3 aromatic carbocycles. The monoisotopic (exact) mass is 610 g/mol. The van der Waals surface area contributed by atoms with E-state index in [1.807, 2.05) is 0 Å². The fourth-order valence-corrected chi connectivity index (χ4v) is 4.76. The van der Waals surface area contributed by atoms with Gasteiger partial charge in [-0.15, -0.1) is 0 Å². The van der Waals surface area contributed by atoms with Crippen molar-refractivity contribution in [2.45, 2.75) is 42.9 Å². The number of phenols is 2. The maximum absolute atomic E-state index is 12.8. The quantitative estimate of drug-likeness (QED) is 0.157. The molecular weight excluding hydrogens is 580 g/mol. The van der Waals surface area contributed by atoms with Crippen LogP contribution in [0.5, 0.6) is 28.7 Å². The summed E-state index contributed by atoms with van der Waals surface area (Å²) in [6.07, 6.45) is -7.78. The van der Waals surface area contributed by atoms with E-state index in [1.165, 1.54) is 61.7 Å². The van der Waals surface area contributed by atoms with Gasteiger partial charge >= 0.3 is 5.97 Å². The Bertz CT molecular complexity index is 1520. The van der Waals surface area contributed by atoms with Gasteiger partial charge in [0.15, 0.2) is 12.2 Å². The van der Waals surface area contributed by atoms with Gasteiger partial charge in [0.25, 0.3) is 0 Å². The number of carbonyl (C=O) groups is 2. The maximum atomic E-state index is 12.8. The molecule has 0 aromatic heterocycles. The number of esters is 1. The average molecular weight is 611 g/mol. The van der Waals surface area contributed by atoms with Crippen molar-refractivity contribution < 1.29 is 63.9 Å². The van der Waals surface area contributed by atoms with Crippen molar-refractivity contribution in [3.05, 3.63) is 83.4 Å². The zero-order valence-electron chi connectivity index (χ0n) is 23.2. The van der Waals surface area contributed by atoms with Crippen LogP contribution in [-0.4, -0.2) is 92.9 Å². The SMILES string of the molecule is COc1cc(O)c2c(c1)O[C@@H](c1ccc(O[C@@H]3O[C@H](COC(=O)/C=C/c4ccc(O)cc4)[C@@H](O)[C@H](O)[C@H]3O)cc1)[C@H](O)C2=O. The number of ketones is 1. The number of aromatic hydroxyl groups is 2. The first-order chi connectivity index (χ1) is 21.0. The van der Waals surface area contributed by atoms with Crippen LogP contribution in [0.25, 0.3) is 6.08 Å². The predicted octanol–water partition coefficient (Wildman–Crippen LogP) is 1.23. The first-order valence-electron chi connectivity index (χ1n) is 13.5. The molecular formula is C31H30O13. The summed E-state index contributed by atoms with van der Waals surface area (Å²) in [4.78, 5) is 25.0. The molecule has 232 valence electrons. The van der Waals surface area contributed by atoms with Gasteiger partial charge in [-0.25, -0.2) is 4.79 Å². The molecule has 44 heavy (non-hydrogen) atoms. The third-order valence-electron chi connectivity index (χ3n) is 7.17. The van der Waals surface area contributed by atoms with Crippen molar-refractivity contribution in [3.8, 4) is 28.7 Å². The number of aliphatic hydroxyl groups excluding tert-OH is 4. The number of fused-ring (bicyclic) bond motifs is 1. The molecule has 0 spiro atoms. The lowest BCUT2D eigenvalue weighted by molar-refractivity contribution is -0.278. The Labute approximate surface area is 250 Å². The molecule has 3 aromatic rings. The lowest BCUT2D eigenvalue weighted by Crippen LogP contribution is -2.60. The molecule has 7 atom stereocenters. The second-order valence-corrected chi connectivity index (χ2v) is 10.1. The summed E-state index contributed by atoms with van der Waals surface area (Å²) in [5, 5.41) is 61.4. The number of benzene rings is 3. The van der Waals surface area contributed by atoms with E-state index < -0.39 is 61.3 Å². The largest absolute Gasteiger partial charge is 0.508 e. The summed E-state index contributed by atoms with van der Waals surface area (Å²) in [6.45, 7) is -0.463. The number of rotatable bonds is 8. The summed E-state index contributed by atoms with van der Waals surface area (Å²) in [7, 11) is 1.39. The van der Waals surface area contributed by atoms with Crippen LogP contribution in [0.2, 0.25) is 0 Å². The van der Waals surface area contributed by atoms with E-state index in [1.54, 1.807) is 12.1 Å². The Morgan fingerprint density at radius 2 is 1.61 bits per heavy atom. The number of aliphatic hydroxyl groups is 4. The van der Waals surface area contributed by atoms with Crippen LogP contribution >= 0.6 is 0 Å². The van der Waals surface area contributed by atoms with Gasteiger partial charge in [-0.05, 0) is 41.5 Å². The normalized spacial score (nSPS) is 26.5. The number of Topliss-reactive ketones (excluding diaryl/α,β-unsaturated/α-hetero) is 1. The van der Waals surface area contributed by atoms with E-state index in [2.05, 4.69) is 0 Å². The molecule has 0 aliphatic carbocycles. The minimum Gasteiger partial charge on any atom is -0.508 e. The lowest BCUT2D eigenvalue weighted by atomic mass is 9.93. The van der Waals surface area contributed by atoms with Gasteiger partial charge in [0, 0.05) is 18.2 Å². The van der Waals surface area contributed by atoms with Crippen LogP contribution in [-0.2, 0) is 14.3 Å². The van der Waals surface area contributed by atoms with E-state index in [0.29, 0.717) is 11.1 Å². The predicted molar refractivity (Wildman–Crippen MR) is 150 cm³/mol. The van der Waals surface area contributed by atoms with Crippen molar-refractivity contribution >= 4 is 17.8 Å². The fourth-order valence-electron chi connectivity index (χ4n) is 4.76. The van der Waals surface area contributed by atoms with Crippen molar-refractivity contribution in [2.75, 3.05) is 13.7 Å². The molecule has 13 heteroatoms. The van der Waals surface area contributed by atoms with E-state index >= 15 is 0 Å². The van der Waals surface area contributed by atoms with Crippen LogP contribution in [0.1, 0.15) is 27.6 Å². The molecule has 0 radical (unpaired) electrons. The zero-order chi connectivity index (χ0) is 31.5. The molecule has 0 unspecified atom stereocenters. The van der Waals surface area contributed by atoms with Crippen LogP contribution in [0.4, 0.5) is 0 Å².